The van der Waals surface area contributed by atoms with Gasteiger partial charge >= 0.3 is 0 Å². The number of anilines is 2. The molecule has 8 nitrogen and oxygen atoms in total. The van der Waals surface area contributed by atoms with E-state index in [2.05, 4.69) is 5.32 Å². The second-order valence-electron chi connectivity index (χ2n) is 7.04. The first kappa shape index (κ1) is 22.7. The van der Waals surface area contributed by atoms with Crippen molar-refractivity contribution in [2.24, 2.45) is 10.9 Å². The summed E-state index contributed by atoms with van der Waals surface area (Å²) in [5, 5.41) is 8.09. The van der Waals surface area contributed by atoms with Gasteiger partial charge in [-0.3, -0.25) is 9.59 Å². The van der Waals surface area contributed by atoms with Gasteiger partial charge in [0.15, 0.2) is 0 Å². The van der Waals surface area contributed by atoms with Gasteiger partial charge in [-0.1, -0.05) is 54.6 Å². The molecule has 0 spiro atoms. The Morgan fingerprint density at radius 1 is 0.969 bits per heavy atom. The number of carbonyl (C=O) groups excluding carboxylic acids is 2. The Morgan fingerprint density at radius 2 is 1.59 bits per heavy atom. The highest BCUT2D eigenvalue weighted by molar-refractivity contribution is 7.89. The fraction of sp³-hybridized carbons (Fsp3) is 0.0435. The molecule has 2 amide bonds. The van der Waals surface area contributed by atoms with Crippen LogP contribution >= 0.6 is 0 Å². The number of hydrogen-bond donors (Lipinski definition) is 4. The van der Waals surface area contributed by atoms with Gasteiger partial charge in [0.2, 0.25) is 15.9 Å². The predicted octanol–water partition coefficient (Wildman–Crippen LogP) is 2.81. The molecule has 3 aromatic rings. The van der Waals surface area contributed by atoms with Crippen molar-refractivity contribution in [2.45, 2.75) is 11.8 Å². The first-order valence-corrected chi connectivity index (χ1v) is 11.0. The molecular weight excluding hydrogens is 428 g/mol. The van der Waals surface area contributed by atoms with Gasteiger partial charge in [0, 0.05) is 18.2 Å². The van der Waals surface area contributed by atoms with Crippen LogP contribution in [0, 0.1) is 0 Å². The summed E-state index contributed by atoms with van der Waals surface area (Å²) in [6.45, 7) is 1.41. The zero-order chi connectivity index (χ0) is 23.5. The number of hydrogen-bond acceptors (Lipinski definition) is 5. The first-order valence-electron chi connectivity index (χ1n) is 9.48. The van der Waals surface area contributed by atoms with Crippen LogP contribution in [0.15, 0.2) is 65.6 Å². The van der Waals surface area contributed by atoms with Crippen molar-refractivity contribution < 1.29 is 18.0 Å². The Bertz CT molecular complexity index is 1320. The minimum atomic E-state index is -4.33. The van der Waals surface area contributed by atoms with E-state index in [4.69, 9.17) is 16.6 Å². The number of nitrogen functional groups attached to an aromatic ring is 1. The molecule has 0 bridgehead atoms. The van der Waals surface area contributed by atoms with Crippen LogP contribution in [0.25, 0.3) is 23.3 Å². The largest absolute Gasteiger partial charge is 0.398 e. The Hall–Kier alpha value is -3.95. The molecule has 0 saturated carbocycles. The lowest BCUT2D eigenvalue weighted by atomic mass is 9.96. The van der Waals surface area contributed by atoms with E-state index < -0.39 is 20.8 Å². The maximum atomic E-state index is 12.4. The van der Waals surface area contributed by atoms with Gasteiger partial charge in [0.05, 0.1) is 11.3 Å². The van der Waals surface area contributed by atoms with E-state index in [0.717, 1.165) is 5.56 Å². The maximum absolute atomic E-state index is 12.4. The molecular formula is C23H22N4O4S. The van der Waals surface area contributed by atoms with Crippen molar-refractivity contribution >= 4 is 45.4 Å². The van der Waals surface area contributed by atoms with Gasteiger partial charge < -0.3 is 16.8 Å². The lowest BCUT2D eigenvalue weighted by molar-refractivity contribution is -0.114. The molecule has 0 saturated heterocycles. The summed E-state index contributed by atoms with van der Waals surface area (Å²) >= 11 is 0. The summed E-state index contributed by atoms with van der Waals surface area (Å²) in [5.41, 5.74) is 13.9. The number of nitrogens with two attached hydrogens (primary N) is 3. The van der Waals surface area contributed by atoms with Crippen LogP contribution in [0.1, 0.15) is 28.4 Å². The quantitative estimate of drug-likeness (QED) is 0.335. The van der Waals surface area contributed by atoms with Crippen molar-refractivity contribution in [3.05, 3.63) is 77.4 Å². The Balaban J connectivity index is 2.19. The summed E-state index contributed by atoms with van der Waals surface area (Å²) in [4.78, 5) is 22.9. The van der Waals surface area contributed by atoms with Crippen LogP contribution in [-0.4, -0.2) is 20.2 Å². The summed E-state index contributed by atoms with van der Waals surface area (Å²) < 4.78 is 24.8. The number of rotatable bonds is 6. The van der Waals surface area contributed by atoms with Gasteiger partial charge in [0.25, 0.3) is 5.91 Å². The molecule has 0 aliphatic rings. The number of amides is 2. The van der Waals surface area contributed by atoms with Crippen LogP contribution in [0.4, 0.5) is 11.4 Å². The lowest BCUT2D eigenvalue weighted by Gasteiger charge is -2.16. The molecule has 3 aromatic carbocycles. The summed E-state index contributed by atoms with van der Waals surface area (Å²) in [5.74, 6) is -1.20. The van der Waals surface area contributed by atoms with Gasteiger partial charge in [-0.15, -0.1) is 0 Å². The van der Waals surface area contributed by atoms with Crippen molar-refractivity contribution in [3.63, 3.8) is 0 Å². The van der Waals surface area contributed by atoms with Crippen LogP contribution in [0.3, 0.4) is 0 Å². The average molecular weight is 451 g/mol. The molecule has 0 unspecified atom stereocenters. The van der Waals surface area contributed by atoms with Crippen LogP contribution in [-0.2, 0) is 14.8 Å². The van der Waals surface area contributed by atoms with E-state index in [0.29, 0.717) is 16.8 Å². The van der Waals surface area contributed by atoms with Gasteiger partial charge in [-0.05, 0) is 34.9 Å². The standard InChI is InChI=1S/C23H22N4O4S/c1-14(28)27-18-11-8-15(9-12-18)7-10-17-13-19(16-5-3-2-4-6-16)21(24)20(23(25)29)22(17)32(26,30)31/h2-13H,24H2,1H3,(H2,25,29)(H,27,28)(H2,26,30,31)/b10-7+. The minimum Gasteiger partial charge on any atom is -0.398 e. The number of primary amides is 1. The number of carbonyl (C=O) groups is 2. The van der Waals surface area contributed by atoms with E-state index in [1.165, 1.54) is 13.0 Å². The molecule has 0 aromatic heterocycles. The monoisotopic (exact) mass is 450 g/mol. The van der Waals surface area contributed by atoms with Crippen LogP contribution in [0.5, 0.6) is 0 Å². The van der Waals surface area contributed by atoms with E-state index in [1.54, 1.807) is 60.7 Å². The highest BCUT2D eigenvalue weighted by atomic mass is 32.2. The predicted molar refractivity (Wildman–Crippen MR) is 126 cm³/mol. The zero-order valence-electron chi connectivity index (χ0n) is 17.2. The zero-order valence-corrected chi connectivity index (χ0v) is 18.0. The second kappa shape index (κ2) is 9.04. The van der Waals surface area contributed by atoms with Gasteiger partial charge in [0.1, 0.15) is 4.90 Å². The van der Waals surface area contributed by atoms with E-state index in [-0.39, 0.29) is 22.7 Å². The topological polar surface area (TPSA) is 158 Å². The number of benzene rings is 3. The molecule has 0 fully saturated rings. The number of nitrogens with one attached hydrogen (secondary N) is 1. The molecule has 32 heavy (non-hydrogen) atoms. The fourth-order valence-electron chi connectivity index (χ4n) is 3.30. The minimum absolute atomic E-state index is 0.0652. The molecule has 0 heterocycles. The molecule has 164 valence electrons. The van der Waals surface area contributed by atoms with Gasteiger partial charge in [-0.2, -0.15) is 0 Å². The lowest BCUT2D eigenvalue weighted by Crippen LogP contribution is -2.23. The highest BCUT2D eigenvalue weighted by Crippen LogP contribution is 2.36. The summed E-state index contributed by atoms with van der Waals surface area (Å²) in [6.07, 6.45) is 3.17. The SMILES string of the molecule is CC(=O)Nc1ccc(/C=C/c2cc(-c3ccccc3)c(N)c(C(N)=O)c2S(N)(=O)=O)cc1. The molecule has 0 atom stereocenters. The summed E-state index contributed by atoms with van der Waals surface area (Å²) in [7, 11) is -4.33. The molecule has 0 aliphatic heterocycles. The average Bonchev–Trinajstić information content (AvgIpc) is 2.72. The third-order valence-electron chi connectivity index (χ3n) is 4.65. The molecule has 7 N–H and O–H groups in total. The normalized spacial score (nSPS) is 11.4. The van der Waals surface area contributed by atoms with Crippen molar-refractivity contribution in [2.75, 3.05) is 11.1 Å². The third-order valence-corrected chi connectivity index (χ3v) is 5.66. The molecule has 0 radical (unpaired) electrons. The second-order valence-corrected chi connectivity index (χ2v) is 8.54. The highest BCUT2D eigenvalue weighted by Gasteiger charge is 2.26. The van der Waals surface area contributed by atoms with Crippen LogP contribution in [0.2, 0.25) is 0 Å². The van der Waals surface area contributed by atoms with E-state index in [9.17, 15) is 18.0 Å². The maximum Gasteiger partial charge on any atom is 0.252 e. The fourth-order valence-corrected chi connectivity index (χ4v) is 4.25. The van der Waals surface area contributed by atoms with E-state index >= 15 is 0 Å². The van der Waals surface area contributed by atoms with Crippen molar-refractivity contribution in [1.29, 1.82) is 0 Å². The smallest absolute Gasteiger partial charge is 0.252 e. The Kier molecular flexibility index (Phi) is 6.42. The van der Waals surface area contributed by atoms with E-state index in [1.807, 2.05) is 6.07 Å². The summed E-state index contributed by atoms with van der Waals surface area (Å²) in [6, 6.07) is 17.4. The third kappa shape index (κ3) is 5.02. The van der Waals surface area contributed by atoms with Crippen molar-refractivity contribution in [3.8, 4) is 11.1 Å². The van der Waals surface area contributed by atoms with Crippen molar-refractivity contribution in [1.82, 2.24) is 0 Å². The Labute approximate surface area is 185 Å². The Morgan fingerprint density at radius 3 is 2.12 bits per heavy atom. The van der Waals surface area contributed by atoms with Crippen LogP contribution < -0.4 is 21.9 Å². The first-order chi connectivity index (χ1) is 15.1. The molecule has 3 rings (SSSR count). The molecule has 9 heteroatoms. The van der Waals surface area contributed by atoms with Gasteiger partial charge in [-0.25, -0.2) is 13.6 Å². The number of sulfonamides is 1. The molecule has 0 aliphatic carbocycles. The number of primary sulfonamides is 1.